The van der Waals surface area contributed by atoms with Crippen molar-refractivity contribution in [2.75, 3.05) is 6.26 Å². The summed E-state index contributed by atoms with van der Waals surface area (Å²) in [5.41, 5.74) is -1.32. The molecule has 0 aromatic heterocycles. The normalized spacial score (nSPS) is 20.7. The maximum Gasteiger partial charge on any atom is 0.331 e. The second-order valence-corrected chi connectivity index (χ2v) is 7.80. The molecule has 142 valence electrons. The van der Waals surface area contributed by atoms with Crippen LogP contribution in [0.3, 0.4) is 0 Å². The molecule has 2 atom stereocenters. The van der Waals surface area contributed by atoms with Gasteiger partial charge in [0.25, 0.3) is 5.79 Å². The Morgan fingerprint density at radius 2 is 1.81 bits per heavy atom. The van der Waals surface area contributed by atoms with E-state index < -0.39 is 58.2 Å². The number of nitrogens with one attached hydrogen (secondary N) is 1. The molecule has 0 radical (unpaired) electrons. The molecule has 1 aliphatic rings. The fourth-order valence-electron chi connectivity index (χ4n) is 2.85. The molecule has 1 aromatic rings. The minimum atomic E-state index is -1.76. The van der Waals surface area contributed by atoms with Gasteiger partial charge in [0, 0.05) is 32.1 Å². The predicted octanol–water partition coefficient (Wildman–Crippen LogP) is 1.34. The zero-order chi connectivity index (χ0) is 19.7. The van der Waals surface area contributed by atoms with Crippen LogP contribution in [0.4, 0.5) is 4.39 Å². The molecule has 7 nitrogen and oxygen atoms in total. The first-order valence-electron chi connectivity index (χ1n) is 7.80. The summed E-state index contributed by atoms with van der Waals surface area (Å²) in [6.45, 7) is 4.21. The molecule has 0 bridgehead atoms. The van der Waals surface area contributed by atoms with Gasteiger partial charge in [-0.05, 0) is 13.0 Å². The van der Waals surface area contributed by atoms with Gasteiger partial charge < -0.3 is 9.47 Å². The Balaban J connectivity index is 2.33. The molecule has 2 rings (SSSR count). The van der Waals surface area contributed by atoms with Crippen LogP contribution in [-0.2, 0) is 40.4 Å². The van der Waals surface area contributed by atoms with E-state index in [9.17, 15) is 23.0 Å². The number of hydrogen-bond donors (Lipinski definition) is 1. The van der Waals surface area contributed by atoms with E-state index in [-0.39, 0.29) is 5.56 Å². The minimum Gasteiger partial charge on any atom is -0.422 e. The molecule has 1 fully saturated rings. The number of carbonyl (C=O) groups is 3. The molecule has 1 saturated heterocycles. The molecule has 1 unspecified atom stereocenters. The number of ketones is 1. The number of halogens is 1. The standard InChI is InChI=1S/C17H20FNO6S/c1-16(2)24-14(21)13(15(22)25-16)12(20)9-17(3,19-26(4)23)10-7-5-6-8-11(10)18/h5-8,13,19H,9H2,1-4H3/t17-,26?/m0/s1. The van der Waals surface area contributed by atoms with Gasteiger partial charge in [-0.1, -0.05) is 18.2 Å². The second-order valence-electron chi connectivity index (χ2n) is 6.69. The molecular formula is C17H20FNO6S. The Kier molecular flexibility index (Phi) is 5.62. The third-order valence-electron chi connectivity index (χ3n) is 3.85. The van der Waals surface area contributed by atoms with Crippen LogP contribution < -0.4 is 4.72 Å². The third kappa shape index (κ3) is 4.34. The average Bonchev–Trinajstić information content (AvgIpc) is 2.43. The Morgan fingerprint density at radius 3 is 2.31 bits per heavy atom. The molecular weight excluding hydrogens is 365 g/mol. The molecule has 0 amide bonds. The average molecular weight is 385 g/mol. The highest BCUT2D eigenvalue weighted by Crippen LogP contribution is 2.31. The van der Waals surface area contributed by atoms with Gasteiger partial charge >= 0.3 is 11.9 Å². The van der Waals surface area contributed by atoms with Crippen LogP contribution in [0.5, 0.6) is 0 Å². The maximum atomic E-state index is 14.2. The van der Waals surface area contributed by atoms with E-state index in [1.54, 1.807) is 6.07 Å². The quantitative estimate of drug-likeness (QED) is 0.586. The number of Topliss-reactive ketones (excluding diaryl/α,β-unsaturated/α-hetero) is 1. The number of esters is 2. The van der Waals surface area contributed by atoms with Crippen molar-refractivity contribution in [3.05, 3.63) is 35.6 Å². The highest BCUT2D eigenvalue weighted by molar-refractivity contribution is 7.82. The molecule has 1 aromatic carbocycles. The van der Waals surface area contributed by atoms with Gasteiger partial charge in [-0.25, -0.2) is 13.3 Å². The molecule has 0 spiro atoms. The molecule has 26 heavy (non-hydrogen) atoms. The van der Waals surface area contributed by atoms with E-state index in [0.29, 0.717) is 0 Å². The van der Waals surface area contributed by atoms with Gasteiger partial charge in [-0.15, -0.1) is 0 Å². The lowest BCUT2D eigenvalue weighted by molar-refractivity contribution is -0.238. The summed E-state index contributed by atoms with van der Waals surface area (Å²) in [5.74, 6) is -6.70. The topological polar surface area (TPSA) is 98.8 Å². The van der Waals surface area contributed by atoms with Crippen molar-refractivity contribution in [2.24, 2.45) is 5.92 Å². The van der Waals surface area contributed by atoms with Crippen molar-refractivity contribution in [3.8, 4) is 0 Å². The third-order valence-corrected chi connectivity index (χ3v) is 4.59. The highest BCUT2D eigenvalue weighted by atomic mass is 32.2. The summed E-state index contributed by atoms with van der Waals surface area (Å²) in [4.78, 5) is 36.8. The van der Waals surface area contributed by atoms with Gasteiger partial charge in [0.1, 0.15) is 5.82 Å². The Hall–Kier alpha value is -2.13. The number of rotatable bonds is 6. The Bertz CT molecular complexity index is 760. The zero-order valence-electron chi connectivity index (χ0n) is 14.8. The van der Waals surface area contributed by atoms with E-state index in [0.717, 1.165) is 0 Å². The van der Waals surface area contributed by atoms with Gasteiger partial charge in [0.15, 0.2) is 5.78 Å². The highest BCUT2D eigenvalue weighted by Gasteiger charge is 2.49. The van der Waals surface area contributed by atoms with E-state index in [4.69, 9.17) is 9.47 Å². The van der Waals surface area contributed by atoms with Gasteiger partial charge in [0.2, 0.25) is 5.92 Å². The maximum absolute atomic E-state index is 14.2. The number of ether oxygens (including phenoxy) is 2. The first kappa shape index (κ1) is 20.2. The van der Waals surface area contributed by atoms with Crippen LogP contribution >= 0.6 is 0 Å². The first-order chi connectivity index (χ1) is 11.9. The van der Waals surface area contributed by atoms with Crippen molar-refractivity contribution in [3.63, 3.8) is 0 Å². The lowest BCUT2D eigenvalue weighted by atomic mass is 9.84. The zero-order valence-corrected chi connectivity index (χ0v) is 15.6. The largest absolute Gasteiger partial charge is 0.422 e. The monoisotopic (exact) mass is 385 g/mol. The molecule has 0 saturated carbocycles. The molecule has 0 aliphatic carbocycles. The van der Waals surface area contributed by atoms with Crippen molar-refractivity contribution < 1.29 is 32.5 Å². The number of cyclic esters (lactones) is 2. The summed E-state index contributed by atoms with van der Waals surface area (Å²) in [7, 11) is -1.60. The van der Waals surface area contributed by atoms with Crippen molar-refractivity contribution in [1.29, 1.82) is 0 Å². The fraction of sp³-hybridized carbons (Fsp3) is 0.471. The molecule has 1 N–H and O–H groups in total. The van der Waals surface area contributed by atoms with E-state index in [1.807, 2.05) is 0 Å². The van der Waals surface area contributed by atoms with Crippen LogP contribution in [0, 0.1) is 11.7 Å². The summed E-state index contributed by atoms with van der Waals surface area (Å²) >= 11 is 0. The number of carbonyl (C=O) groups excluding carboxylic acids is 3. The lowest BCUT2D eigenvalue weighted by Crippen LogP contribution is -2.51. The summed E-state index contributed by atoms with van der Waals surface area (Å²) < 4.78 is 38.5. The SMILES string of the molecule is CS(=O)N[C@@](C)(CC(=O)C1C(=O)OC(C)(C)OC1=O)c1ccccc1F. The van der Waals surface area contributed by atoms with Crippen molar-refractivity contribution >= 4 is 28.7 Å². The Morgan fingerprint density at radius 1 is 1.27 bits per heavy atom. The van der Waals surface area contributed by atoms with Crippen LogP contribution in [0.1, 0.15) is 32.8 Å². The van der Waals surface area contributed by atoms with E-state index >= 15 is 0 Å². The van der Waals surface area contributed by atoms with Crippen LogP contribution in [-0.4, -0.2) is 34.0 Å². The fourth-order valence-corrected chi connectivity index (χ4v) is 3.66. The smallest absolute Gasteiger partial charge is 0.331 e. The summed E-state index contributed by atoms with van der Waals surface area (Å²) in [5, 5.41) is 0. The molecule has 1 aliphatic heterocycles. The van der Waals surface area contributed by atoms with E-state index in [2.05, 4.69) is 4.72 Å². The second kappa shape index (κ2) is 7.24. The van der Waals surface area contributed by atoms with Gasteiger partial charge in [-0.2, -0.15) is 0 Å². The van der Waals surface area contributed by atoms with Crippen LogP contribution in [0.25, 0.3) is 0 Å². The molecule has 1 heterocycles. The minimum absolute atomic E-state index is 0.0847. The van der Waals surface area contributed by atoms with Crippen LogP contribution in [0.2, 0.25) is 0 Å². The molecule has 9 heteroatoms. The van der Waals surface area contributed by atoms with E-state index in [1.165, 1.54) is 45.2 Å². The van der Waals surface area contributed by atoms with Crippen LogP contribution in [0.15, 0.2) is 24.3 Å². The summed E-state index contributed by atoms with van der Waals surface area (Å²) in [6.07, 6.45) is 0.859. The number of hydrogen-bond acceptors (Lipinski definition) is 6. The van der Waals surface area contributed by atoms with Gasteiger partial charge in [0.05, 0.1) is 16.5 Å². The first-order valence-corrected chi connectivity index (χ1v) is 9.36. The van der Waals surface area contributed by atoms with Gasteiger partial charge in [-0.3, -0.25) is 14.4 Å². The van der Waals surface area contributed by atoms with Crippen molar-refractivity contribution in [2.45, 2.75) is 38.5 Å². The lowest BCUT2D eigenvalue weighted by Gasteiger charge is -2.34. The Labute approximate surface area is 152 Å². The van der Waals surface area contributed by atoms with Crippen molar-refractivity contribution in [1.82, 2.24) is 4.72 Å². The number of benzene rings is 1. The summed E-state index contributed by atoms with van der Waals surface area (Å²) in [6, 6.07) is 5.67. The predicted molar refractivity (Wildman–Crippen MR) is 90.3 cm³/mol.